The molecule has 0 aromatic carbocycles. The van der Waals surface area contributed by atoms with Gasteiger partial charge in [0.15, 0.2) is 0 Å². The van der Waals surface area contributed by atoms with Crippen LogP contribution in [0.25, 0.3) is 0 Å². The summed E-state index contributed by atoms with van der Waals surface area (Å²) in [5.41, 5.74) is 0. The first-order valence-electron chi connectivity index (χ1n) is 22.9. The fourth-order valence-electron chi connectivity index (χ4n) is 6.50. The maximum Gasteiger partial charge on any atom is 0.305 e. The van der Waals surface area contributed by atoms with Crippen molar-refractivity contribution in [1.29, 1.82) is 0 Å². The van der Waals surface area contributed by atoms with E-state index in [9.17, 15) is 9.59 Å². The summed E-state index contributed by atoms with van der Waals surface area (Å²) in [5.74, 6) is 0.0251. The van der Waals surface area contributed by atoms with Gasteiger partial charge in [0.25, 0.3) is 0 Å². The summed E-state index contributed by atoms with van der Waals surface area (Å²) in [6, 6.07) is 0. The molecule has 300 valence electrons. The first kappa shape index (κ1) is 51.0. The lowest BCUT2D eigenvalue weighted by Gasteiger charge is -2.06. The standard InChI is InChI=1S/C28H56O2.C18H36O2/c1-3-5-7-9-11-13-14-15-16-17-19-21-23-25-27-30-28(29)26-24-22-20-18-12-10-8-6-4-2;1-3-5-7-9-10-11-12-13-14-16-18(19)20-17-15-8-6-4-2/h3-27H2,1-2H3;3-17H2,1-2H3. The van der Waals surface area contributed by atoms with E-state index in [0.29, 0.717) is 26.1 Å². The quantitative estimate of drug-likeness (QED) is 0.0470. The van der Waals surface area contributed by atoms with Gasteiger partial charge >= 0.3 is 11.9 Å². The van der Waals surface area contributed by atoms with Crippen molar-refractivity contribution in [2.45, 2.75) is 272 Å². The van der Waals surface area contributed by atoms with Crippen LogP contribution in [0.2, 0.25) is 0 Å². The number of esters is 2. The predicted molar refractivity (Wildman–Crippen MR) is 220 cm³/mol. The molecule has 0 radical (unpaired) electrons. The molecule has 0 aromatic rings. The van der Waals surface area contributed by atoms with Crippen molar-refractivity contribution < 1.29 is 19.1 Å². The highest BCUT2D eigenvalue weighted by Crippen LogP contribution is 2.14. The van der Waals surface area contributed by atoms with Gasteiger partial charge in [-0.25, -0.2) is 0 Å². The van der Waals surface area contributed by atoms with Gasteiger partial charge in [-0.2, -0.15) is 0 Å². The van der Waals surface area contributed by atoms with Crippen LogP contribution >= 0.6 is 0 Å². The van der Waals surface area contributed by atoms with Crippen molar-refractivity contribution in [2.75, 3.05) is 13.2 Å². The van der Waals surface area contributed by atoms with Crippen LogP contribution in [-0.2, 0) is 19.1 Å². The smallest absolute Gasteiger partial charge is 0.305 e. The van der Waals surface area contributed by atoms with Crippen molar-refractivity contribution in [3.8, 4) is 0 Å². The third-order valence-electron chi connectivity index (χ3n) is 9.99. The van der Waals surface area contributed by atoms with Crippen LogP contribution in [-0.4, -0.2) is 25.2 Å². The zero-order chi connectivity index (χ0) is 36.9. The maximum atomic E-state index is 11.8. The van der Waals surface area contributed by atoms with Crippen LogP contribution in [0.4, 0.5) is 0 Å². The van der Waals surface area contributed by atoms with Gasteiger partial charge in [-0.3, -0.25) is 9.59 Å². The second kappa shape index (κ2) is 47.9. The average molecular weight is 709 g/mol. The monoisotopic (exact) mass is 709 g/mol. The second-order valence-corrected chi connectivity index (χ2v) is 15.3. The van der Waals surface area contributed by atoms with E-state index in [1.54, 1.807) is 0 Å². The minimum Gasteiger partial charge on any atom is -0.466 e. The van der Waals surface area contributed by atoms with Gasteiger partial charge < -0.3 is 9.47 Å². The van der Waals surface area contributed by atoms with Crippen molar-refractivity contribution >= 4 is 11.9 Å². The largest absolute Gasteiger partial charge is 0.466 e. The highest BCUT2D eigenvalue weighted by molar-refractivity contribution is 5.69. The summed E-state index contributed by atoms with van der Waals surface area (Å²) >= 11 is 0. The number of unbranched alkanes of at least 4 members (excludes halogenated alkanes) is 32. The molecule has 0 saturated heterocycles. The van der Waals surface area contributed by atoms with Crippen LogP contribution in [0.15, 0.2) is 0 Å². The van der Waals surface area contributed by atoms with Crippen molar-refractivity contribution in [1.82, 2.24) is 0 Å². The summed E-state index contributed by atoms with van der Waals surface area (Å²) in [6.45, 7) is 10.2. The maximum absolute atomic E-state index is 11.8. The molecule has 50 heavy (non-hydrogen) atoms. The Morgan fingerprint density at radius 1 is 0.260 bits per heavy atom. The summed E-state index contributed by atoms with van der Waals surface area (Å²) in [5, 5.41) is 0. The van der Waals surface area contributed by atoms with Crippen LogP contribution in [0.3, 0.4) is 0 Å². The lowest BCUT2D eigenvalue weighted by molar-refractivity contribution is -0.144. The molecular formula is C46H92O4. The summed E-state index contributed by atoms with van der Waals surface area (Å²) in [7, 11) is 0. The van der Waals surface area contributed by atoms with Gasteiger partial charge in [0.05, 0.1) is 13.2 Å². The van der Waals surface area contributed by atoms with Crippen LogP contribution in [0, 0.1) is 0 Å². The Morgan fingerprint density at radius 3 is 0.680 bits per heavy atom. The van der Waals surface area contributed by atoms with E-state index in [1.165, 1.54) is 205 Å². The number of carbonyl (C=O) groups is 2. The summed E-state index contributed by atoms with van der Waals surface area (Å²) in [6.07, 6.45) is 48.2. The number of ether oxygens (including phenoxy) is 2. The molecule has 0 unspecified atom stereocenters. The molecule has 0 atom stereocenters. The first-order valence-corrected chi connectivity index (χ1v) is 22.9. The van der Waals surface area contributed by atoms with Gasteiger partial charge in [0, 0.05) is 12.8 Å². The summed E-state index contributed by atoms with van der Waals surface area (Å²) in [4.78, 5) is 23.2. The Kier molecular flexibility index (Phi) is 48.9. The van der Waals surface area contributed by atoms with Crippen molar-refractivity contribution in [2.24, 2.45) is 0 Å². The lowest BCUT2D eigenvalue weighted by Crippen LogP contribution is -2.05. The Bertz CT molecular complexity index is 634. The normalized spacial score (nSPS) is 11.0. The van der Waals surface area contributed by atoms with E-state index in [2.05, 4.69) is 27.7 Å². The molecule has 0 aliphatic rings. The van der Waals surface area contributed by atoms with Crippen molar-refractivity contribution in [3.05, 3.63) is 0 Å². The SMILES string of the molecule is CCCCCCCCCCCC(=O)OCCCCCC.CCCCCCCCCCCCCCCCOC(=O)CCCCCCCCCCC. The molecule has 0 rings (SSSR count). The number of hydrogen-bond acceptors (Lipinski definition) is 4. The third kappa shape index (κ3) is 49.1. The number of hydrogen-bond donors (Lipinski definition) is 0. The summed E-state index contributed by atoms with van der Waals surface area (Å²) < 4.78 is 10.6. The van der Waals surface area contributed by atoms with Gasteiger partial charge in [-0.1, -0.05) is 233 Å². The zero-order valence-electron chi connectivity index (χ0n) is 34.9. The van der Waals surface area contributed by atoms with Gasteiger partial charge in [-0.05, 0) is 25.7 Å². The Hall–Kier alpha value is -1.06. The molecule has 0 aliphatic heterocycles. The molecule has 0 heterocycles. The van der Waals surface area contributed by atoms with E-state index in [4.69, 9.17) is 9.47 Å². The predicted octanol–water partition coefficient (Wildman–Crippen LogP) is 16.0. The molecule has 0 aromatic heterocycles. The molecule has 0 amide bonds. The number of rotatable bonds is 40. The molecule has 4 nitrogen and oxygen atoms in total. The first-order chi connectivity index (χ1) is 24.6. The molecule has 4 heteroatoms. The van der Waals surface area contributed by atoms with Crippen LogP contribution in [0.1, 0.15) is 272 Å². The van der Waals surface area contributed by atoms with E-state index >= 15 is 0 Å². The molecular weight excluding hydrogens is 617 g/mol. The Morgan fingerprint density at radius 2 is 0.440 bits per heavy atom. The molecule has 0 aliphatic carbocycles. The second-order valence-electron chi connectivity index (χ2n) is 15.3. The molecule has 0 spiro atoms. The molecule has 0 N–H and O–H groups in total. The molecule has 0 saturated carbocycles. The highest BCUT2D eigenvalue weighted by Gasteiger charge is 2.04. The Labute approximate surface area is 315 Å². The van der Waals surface area contributed by atoms with E-state index in [0.717, 1.165) is 25.7 Å². The van der Waals surface area contributed by atoms with Gasteiger partial charge in [0.2, 0.25) is 0 Å². The van der Waals surface area contributed by atoms with E-state index < -0.39 is 0 Å². The number of carbonyl (C=O) groups excluding carboxylic acids is 2. The minimum absolute atomic E-state index is 0.00412. The van der Waals surface area contributed by atoms with Crippen LogP contribution in [0.5, 0.6) is 0 Å². The van der Waals surface area contributed by atoms with Gasteiger partial charge in [0.1, 0.15) is 0 Å². The highest BCUT2D eigenvalue weighted by atomic mass is 16.5. The van der Waals surface area contributed by atoms with Crippen molar-refractivity contribution in [3.63, 3.8) is 0 Å². The molecule has 0 bridgehead atoms. The van der Waals surface area contributed by atoms with Gasteiger partial charge in [-0.15, -0.1) is 0 Å². The topological polar surface area (TPSA) is 52.6 Å². The average Bonchev–Trinajstić information content (AvgIpc) is 3.12. The molecule has 0 fully saturated rings. The fraction of sp³-hybridized carbons (Fsp3) is 0.957. The lowest BCUT2D eigenvalue weighted by atomic mass is 10.0. The van der Waals surface area contributed by atoms with E-state index in [-0.39, 0.29) is 11.9 Å². The Balaban J connectivity index is 0. The zero-order valence-corrected chi connectivity index (χ0v) is 34.9. The minimum atomic E-state index is 0.00412. The van der Waals surface area contributed by atoms with E-state index in [1.807, 2.05) is 0 Å². The fourth-order valence-corrected chi connectivity index (χ4v) is 6.50. The van der Waals surface area contributed by atoms with Crippen LogP contribution < -0.4 is 0 Å². The third-order valence-corrected chi connectivity index (χ3v) is 9.99.